The second kappa shape index (κ2) is 5.67. The fraction of sp³-hybridized carbons (Fsp3) is 0. The molecule has 26 heavy (non-hydrogen) atoms. The quantitative estimate of drug-likeness (QED) is 0.493. The van der Waals surface area contributed by atoms with Crippen LogP contribution in [0.25, 0.3) is 33.8 Å². The lowest BCUT2D eigenvalue weighted by Gasteiger charge is -2.09. The van der Waals surface area contributed by atoms with Crippen molar-refractivity contribution in [2.75, 3.05) is 0 Å². The van der Waals surface area contributed by atoms with E-state index in [1.54, 1.807) is 9.08 Å². The van der Waals surface area contributed by atoms with Crippen LogP contribution in [-0.2, 0) is 0 Å². The van der Waals surface area contributed by atoms with Gasteiger partial charge in [0, 0.05) is 5.56 Å². The summed E-state index contributed by atoms with van der Waals surface area (Å²) in [6, 6.07) is 26.8. The van der Waals surface area contributed by atoms with Crippen molar-refractivity contribution in [3.05, 3.63) is 95.3 Å². The van der Waals surface area contributed by atoms with Gasteiger partial charge in [-0.15, -0.1) is 5.10 Å². The fourth-order valence-electron chi connectivity index (χ4n) is 3.18. The maximum absolute atomic E-state index is 13.2. The van der Waals surface area contributed by atoms with Crippen LogP contribution in [0.4, 0.5) is 0 Å². The standard InChI is InChI=1S/C21H14N4O/c26-20-17-13-7-8-14-18(17)25-21(24(20)16-11-5-2-6-12-16)22-19(23-25)15-9-3-1-4-10-15/h1-14H. The van der Waals surface area contributed by atoms with Gasteiger partial charge in [-0.3, -0.25) is 4.79 Å². The molecule has 0 radical (unpaired) electrons. The molecule has 5 aromatic rings. The molecular weight excluding hydrogens is 324 g/mol. The van der Waals surface area contributed by atoms with Crippen molar-refractivity contribution in [3.8, 4) is 17.1 Å². The monoisotopic (exact) mass is 338 g/mol. The van der Waals surface area contributed by atoms with Crippen molar-refractivity contribution < 1.29 is 0 Å². The van der Waals surface area contributed by atoms with Crippen LogP contribution < -0.4 is 5.56 Å². The molecule has 0 atom stereocenters. The van der Waals surface area contributed by atoms with E-state index in [-0.39, 0.29) is 5.56 Å². The highest BCUT2D eigenvalue weighted by Crippen LogP contribution is 2.20. The Balaban J connectivity index is 1.95. The minimum atomic E-state index is -0.105. The Morgan fingerprint density at radius 1 is 0.731 bits per heavy atom. The smallest absolute Gasteiger partial charge is 0.267 e. The van der Waals surface area contributed by atoms with Crippen molar-refractivity contribution in [3.63, 3.8) is 0 Å². The Hall–Kier alpha value is -3.73. The van der Waals surface area contributed by atoms with Crippen molar-refractivity contribution in [2.24, 2.45) is 0 Å². The lowest BCUT2D eigenvalue weighted by molar-refractivity contribution is 0.919. The molecule has 5 nitrogen and oxygen atoms in total. The zero-order valence-electron chi connectivity index (χ0n) is 13.8. The lowest BCUT2D eigenvalue weighted by atomic mass is 10.2. The molecule has 2 aromatic heterocycles. The Labute approximate surface area is 148 Å². The van der Waals surface area contributed by atoms with Crippen LogP contribution in [0.15, 0.2) is 89.7 Å². The molecule has 0 bridgehead atoms. The van der Waals surface area contributed by atoms with E-state index >= 15 is 0 Å². The van der Waals surface area contributed by atoms with Crippen molar-refractivity contribution in [1.29, 1.82) is 0 Å². The molecule has 124 valence electrons. The highest BCUT2D eigenvalue weighted by Gasteiger charge is 2.16. The number of aromatic nitrogens is 4. The Morgan fingerprint density at radius 2 is 1.38 bits per heavy atom. The molecule has 0 saturated carbocycles. The normalized spacial score (nSPS) is 11.2. The van der Waals surface area contributed by atoms with Gasteiger partial charge in [0.05, 0.1) is 16.6 Å². The molecule has 3 aromatic carbocycles. The average Bonchev–Trinajstić information content (AvgIpc) is 3.15. The minimum absolute atomic E-state index is 0.105. The van der Waals surface area contributed by atoms with Gasteiger partial charge in [-0.2, -0.15) is 9.50 Å². The summed E-state index contributed by atoms with van der Waals surface area (Å²) in [6.07, 6.45) is 0. The molecule has 5 heteroatoms. The predicted octanol–water partition coefficient (Wildman–Crippen LogP) is 3.70. The third kappa shape index (κ3) is 2.14. The highest BCUT2D eigenvalue weighted by molar-refractivity contribution is 5.81. The van der Waals surface area contributed by atoms with Crippen LogP contribution in [0, 0.1) is 0 Å². The molecule has 0 aliphatic heterocycles. The van der Waals surface area contributed by atoms with Crippen molar-refractivity contribution in [1.82, 2.24) is 19.2 Å². The number of benzene rings is 3. The topological polar surface area (TPSA) is 52.2 Å². The maximum atomic E-state index is 13.2. The first kappa shape index (κ1) is 14.6. The number of para-hydroxylation sites is 2. The largest absolute Gasteiger partial charge is 0.268 e. The highest BCUT2D eigenvalue weighted by atomic mass is 16.1. The van der Waals surface area contributed by atoms with Crippen LogP contribution in [0.5, 0.6) is 0 Å². The first-order valence-corrected chi connectivity index (χ1v) is 8.34. The third-order valence-electron chi connectivity index (χ3n) is 4.40. The molecular formula is C21H14N4O. The number of nitrogens with zero attached hydrogens (tertiary/aromatic N) is 4. The molecule has 0 saturated heterocycles. The first-order chi connectivity index (χ1) is 12.8. The summed E-state index contributed by atoms with van der Waals surface area (Å²) >= 11 is 0. The second-order valence-corrected chi connectivity index (χ2v) is 6.01. The van der Waals surface area contributed by atoms with Crippen LogP contribution in [0.2, 0.25) is 0 Å². The molecule has 0 unspecified atom stereocenters. The zero-order chi connectivity index (χ0) is 17.5. The average molecular weight is 338 g/mol. The fourth-order valence-corrected chi connectivity index (χ4v) is 3.18. The molecule has 2 heterocycles. The molecule has 0 N–H and O–H groups in total. The summed E-state index contributed by atoms with van der Waals surface area (Å²) in [5.41, 5.74) is 2.31. The Bertz CT molecular complexity index is 1290. The summed E-state index contributed by atoms with van der Waals surface area (Å²) in [5, 5.41) is 5.29. The predicted molar refractivity (Wildman–Crippen MR) is 102 cm³/mol. The Kier molecular flexibility index (Phi) is 3.18. The van der Waals surface area contributed by atoms with Gasteiger partial charge < -0.3 is 0 Å². The maximum Gasteiger partial charge on any atom is 0.267 e. The second-order valence-electron chi connectivity index (χ2n) is 6.01. The van der Waals surface area contributed by atoms with E-state index in [1.165, 1.54) is 0 Å². The molecule has 0 aliphatic rings. The minimum Gasteiger partial charge on any atom is -0.268 e. The van der Waals surface area contributed by atoms with Crippen molar-refractivity contribution in [2.45, 2.75) is 0 Å². The third-order valence-corrected chi connectivity index (χ3v) is 4.40. The SMILES string of the molecule is O=c1c2ccccc2n2nc(-c3ccccc3)nc2n1-c1ccccc1. The van der Waals surface area contributed by atoms with Gasteiger partial charge in [0.1, 0.15) is 0 Å². The van der Waals surface area contributed by atoms with E-state index in [9.17, 15) is 4.79 Å². The number of fused-ring (bicyclic) bond motifs is 3. The summed E-state index contributed by atoms with van der Waals surface area (Å²) in [4.78, 5) is 17.9. The van der Waals surface area contributed by atoms with Gasteiger partial charge >= 0.3 is 0 Å². The van der Waals surface area contributed by atoms with E-state index in [2.05, 4.69) is 10.1 Å². The molecule has 0 aliphatic carbocycles. The lowest BCUT2D eigenvalue weighted by Crippen LogP contribution is -2.21. The first-order valence-electron chi connectivity index (χ1n) is 8.34. The van der Waals surface area contributed by atoms with Crippen LogP contribution >= 0.6 is 0 Å². The van der Waals surface area contributed by atoms with Crippen LogP contribution in [0.3, 0.4) is 0 Å². The summed E-state index contributed by atoms with van der Waals surface area (Å²) < 4.78 is 3.36. The van der Waals surface area contributed by atoms with Crippen LogP contribution in [0.1, 0.15) is 0 Å². The van der Waals surface area contributed by atoms with Crippen molar-refractivity contribution >= 4 is 16.7 Å². The molecule has 0 amide bonds. The summed E-state index contributed by atoms with van der Waals surface area (Å²) in [6.45, 7) is 0. The number of hydrogen-bond acceptors (Lipinski definition) is 3. The van der Waals surface area contributed by atoms with Crippen LogP contribution in [-0.4, -0.2) is 19.2 Å². The summed E-state index contributed by atoms with van der Waals surface area (Å²) in [7, 11) is 0. The van der Waals surface area contributed by atoms with Gasteiger partial charge in [0.25, 0.3) is 5.56 Å². The van der Waals surface area contributed by atoms with Gasteiger partial charge in [-0.1, -0.05) is 60.7 Å². The van der Waals surface area contributed by atoms with Gasteiger partial charge in [0.15, 0.2) is 5.82 Å². The van der Waals surface area contributed by atoms with E-state index in [1.807, 2.05) is 84.9 Å². The summed E-state index contributed by atoms with van der Waals surface area (Å²) in [5.74, 6) is 1.09. The molecule has 0 fully saturated rings. The van der Waals surface area contributed by atoms with Gasteiger partial charge in [-0.25, -0.2) is 4.57 Å². The van der Waals surface area contributed by atoms with Gasteiger partial charge in [-0.05, 0) is 24.3 Å². The number of rotatable bonds is 2. The zero-order valence-corrected chi connectivity index (χ0v) is 13.8. The molecule has 5 rings (SSSR count). The Morgan fingerprint density at radius 3 is 2.15 bits per heavy atom. The van der Waals surface area contributed by atoms with E-state index in [4.69, 9.17) is 0 Å². The van der Waals surface area contributed by atoms with Gasteiger partial charge in [0.2, 0.25) is 5.78 Å². The van der Waals surface area contributed by atoms with E-state index in [0.29, 0.717) is 17.0 Å². The van der Waals surface area contributed by atoms with E-state index in [0.717, 1.165) is 16.8 Å². The van der Waals surface area contributed by atoms with E-state index < -0.39 is 0 Å². The molecule has 0 spiro atoms. The number of hydrogen-bond donors (Lipinski definition) is 0.